The van der Waals surface area contributed by atoms with Gasteiger partial charge in [-0.3, -0.25) is 0 Å². The van der Waals surface area contributed by atoms with E-state index in [4.69, 9.17) is 0 Å². The second-order valence-corrected chi connectivity index (χ2v) is 5.02. The van der Waals surface area contributed by atoms with Gasteiger partial charge in [-0.1, -0.05) is 76.9 Å². The Labute approximate surface area is 115 Å². The number of rotatable bonds is 13. The Morgan fingerprint density at radius 3 is 1.83 bits per heavy atom. The summed E-state index contributed by atoms with van der Waals surface area (Å²) in [6.45, 7) is 5.43. The Hall–Kier alpha value is -0.720. The van der Waals surface area contributed by atoms with Gasteiger partial charge in [-0.05, 0) is 25.6 Å². The molecule has 1 heteroatoms. The fraction of sp³-hybridized carbons (Fsp3) is 0.765. The molecule has 0 radical (unpaired) electrons. The van der Waals surface area contributed by atoms with Gasteiger partial charge in [-0.15, -0.1) is 0 Å². The lowest BCUT2D eigenvalue weighted by Gasteiger charge is -2.02. The molecule has 106 valence electrons. The molecule has 0 fully saturated rings. The van der Waals surface area contributed by atoms with Crippen molar-refractivity contribution in [2.45, 2.75) is 78.1 Å². The molecule has 0 aliphatic heterocycles. The molecule has 0 amide bonds. The maximum atomic E-state index is 3.31. The van der Waals surface area contributed by atoms with Crippen molar-refractivity contribution < 1.29 is 0 Å². The van der Waals surface area contributed by atoms with Crippen LogP contribution in [0.1, 0.15) is 78.1 Å². The first-order valence-electron chi connectivity index (χ1n) is 7.93. The Morgan fingerprint density at radius 2 is 1.28 bits per heavy atom. The summed E-state index contributed by atoms with van der Waals surface area (Å²) in [5, 5.41) is 3.31. The van der Waals surface area contributed by atoms with Crippen molar-refractivity contribution in [3.8, 4) is 0 Å². The van der Waals surface area contributed by atoms with Gasteiger partial charge in [0.1, 0.15) is 0 Å². The van der Waals surface area contributed by atoms with Gasteiger partial charge in [0, 0.05) is 6.54 Å². The van der Waals surface area contributed by atoms with E-state index in [2.05, 4.69) is 18.3 Å². The zero-order valence-electron chi connectivity index (χ0n) is 12.6. The van der Waals surface area contributed by atoms with E-state index in [0.717, 1.165) is 6.54 Å². The molecule has 0 aromatic rings. The molecule has 18 heavy (non-hydrogen) atoms. The predicted molar refractivity (Wildman–Crippen MR) is 83.8 cm³/mol. The van der Waals surface area contributed by atoms with E-state index in [9.17, 15) is 0 Å². The van der Waals surface area contributed by atoms with Crippen LogP contribution in [0.2, 0.25) is 0 Å². The van der Waals surface area contributed by atoms with Crippen LogP contribution in [0.15, 0.2) is 24.4 Å². The molecule has 0 aliphatic rings. The second kappa shape index (κ2) is 16.3. The Bertz CT molecular complexity index is 194. The minimum absolute atomic E-state index is 1.12. The predicted octanol–water partition coefficient (Wildman–Crippen LogP) is 5.59. The summed E-state index contributed by atoms with van der Waals surface area (Å²) in [6.07, 6.45) is 22.3. The van der Waals surface area contributed by atoms with Crippen LogP contribution in [0.25, 0.3) is 0 Å². The Balaban J connectivity index is 2.98. The summed E-state index contributed by atoms with van der Waals surface area (Å²) in [5.41, 5.74) is 0. The molecule has 0 aliphatic carbocycles. The van der Waals surface area contributed by atoms with Gasteiger partial charge in [0.2, 0.25) is 0 Å². The highest BCUT2D eigenvalue weighted by atomic mass is 14.8. The van der Waals surface area contributed by atoms with E-state index in [1.807, 2.05) is 25.3 Å². The molecular formula is C17H33N. The fourth-order valence-electron chi connectivity index (χ4n) is 2.03. The molecule has 0 atom stereocenters. The van der Waals surface area contributed by atoms with Gasteiger partial charge in [-0.2, -0.15) is 0 Å². The highest BCUT2D eigenvalue weighted by Gasteiger charge is 1.91. The summed E-state index contributed by atoms with van der Waals surface area (Å²) in [7, 11) is 0. The van der Waals surface area contributed by atoms with E-state index in [-0.39, 0.29) is 0 Å². The third-order valence-electron chi connectivity index (χ3n) is 3.19. The molecule has 0 bridgehead atoms. The van der Waals surface area contributed by atoms with Crippen LogP contribution in [0.4, 0.5) is 0 Å². The first-order chi connectivity index (χ1) is 8.91. The Kier molecular flexibility index (Phi) is 15.6. The standard InChI is InChI=1S/C17H33N/c1-3-5-7-8-9-10-11-12-13-15-17-18-16-14-6-4-2/h4,6,14,16,18H,3,5,7-13,15,17H2,1-2H3. The van der Waals surface area contributed by atoms with E-state index in [0.29, 0.717) is 0 Å². The van der Waals surface area contributed by atoms with Crippen LogP contribution in [0, 0.1) is 0 Å². The lowest BCUT2D eigenvalue weighted by Crippen LogP contribution is -2.06. The number of nitrogens with one attached hydrogen (secondary N) is 1. The molecule has 0 spiro atoms. The molecule has 0 saturated carbocycles. The molecule has 0 unspecified atom stereocenters. The molecule has 0 saturated heterocycles. The van der Waals surface area contributed by atoms with Gasteiger partial charge in [0.05, 0.1) is 0 Å². The largest absolute Gasteiger partial charge is 0.391 e. The average Bonchev–Trinajstić information content (AvgIpc) is 2.39. The lowest BCUT2D eigenvalue weighted by atomic mass is 10.1. The van der Waals surface area contributed by atoms with Crippen molar-refractivity contribution in [2.75, 3.05) is 6.54 Å². The summed E-state index contributed by atoms with van der Waals surface area (Å²) in [5.74, 6) is 0. The number of allylic oxidation sites excluding steroid dienone is 3. The maximum absolute atomic E-state index is 3.31. The first-order valence-corrected chi connectivity index (χ1v) is 7.93. The summed E-state index contributed by atoms with van der Waals surface area (Å²) in [4.78, 5) is 0. The second-order valence-electron chi connectivity index (χ2n) is 5.02. The molecule has 0 aromatic heterocycles. The molecule has 1 N–H and O–H groups in total. The van der Waals surface area contributed by atoms with Crippen LogP contribution in [-0.4, -0.2) is 6.54 Å². The van der Waals surface area contributed by atoms with E-state index >= 15 is 0 Å². The zero-order chi connectivity index (χ0) is 13.3. The average molecular weight is 251 g/mol. The van der Waals surface area contributed by atoms with Crippen LogP contribution >= 0.6 is 0 Å². The fourth-order valence-corrected chi connectivity index (χ4v) is 2.03. The highest BCUT2D eigenvalue weighted by Crippen LogP contribution is 2.10. The third-order valence-corrected chi connectivity index (χ3v) is 3.19. The van der Waals surface area contributed by atoms with Crippen LogP contribution < -0.4 is 5.32 Å². The van der Waals surface area contributed by atoms with Gasteiger partial charge < -0.3 is 5.32 Å². The van der Waals surface area contributed by atoms with Gasteiger partial charge in [-0.25, -0.2) is 0 Å². The van der Waals surface area contributed by atoms with Crippen molar-refractivity contribution in [3.63, 3.8) is 0 Å². The number of hydrogen-bond acceptors (Lipinski definition) is 1. The SMILES string of the molecule is CC=CC=CNCCCCCCCCCCCC. The van der Waals surface area contributed by atoms with Crippen molar-refractivity contribution in [1.29, 1.82) is 0 Å². The van der Waals surface area contributed by atoms with Crippen LogP contribution in [0.5, 0.6) is 0 Å². The molecule has 0 heterocycles. The van der Waals surface area contributed by atoms with Gasteiger partial charge >= 0.3 is 0 Å². The van der Waals surface area contributed by atoms with E-state index in [1.54, 1.807) is 0 Å². The zero-order valence-corrected chi connectivity index (χ0v) is 12.6. The van der Waals surface area contributed by atoms with Gasteiger partial charge in [0.25, 0.3) is 0 Å². The first kappa shape index (κ1) is 17.3. The van der Waals surface area contributed by atoms with E-state index < -0.39 is 0 Å². The molecule has 0 rings (SSSR count). The highest BCUT2D eigenvalue weighted by molar-refractivity contribution is 4.99. The molecule has 0 aromatic carbocycles. The summed E-state index contributed by atoms with van der Waals surface area (Å²) >= 11 is 0. The van der Waals surface area contributed by atoms with Crippen molar-refractivity contribution >= 4 is 0 Å². The van der Waals surface area contributed by atoms with Gasteiger partial charge in [0.15, 0.2) is 0 Å². The van der Waals surface area contributed by atoms with Crippen molar-refractivity contribution in [1.82, 2.24) is 5.32 Å². The van der Waals surface area contributed by atoms with E-state index in [1.165, 1.54) is 64.2 Å². The summed E-state index contributed by atoms with van der Waals surface area (Å²) < 4.78 is 0. The minimum Gasteiger partial charge on any atom is -0.391 e. The monoisotopic (exact) mass is 251 g/mol. The maximum Gasteiger partial charge on any atom is 0.0141 e. The number of unbranched alkanes of at least 4 members (excludes halogenated alkanes) is 9. The van der Waals surface area contributed by atoms with Crippen molar-refractivity contribution in [3.05, 3.63) is 24.4 Å². The molecular weight excluding hydrogens is 218 g/mol. The topological polar surface area (TPSA) is 12.0 Å². The quantitative estimate of drug-likeness (QED) is 0.332. The normalized spacial score (nSPS) is 11.7. The number of hydrogen-bond donors (Lipinski definition) is 1. The lowest BCUT2D eigenvalue weighted by molar-refractivity contribution is 0.553. The third kappa shape index (κ3) is 15.3. The minimum atomic E-state index is 1.12. The van der Waals surface area contributed by atoms with Crippen LogP contribution in [-0.2, 0) is 0 Å². The van der Waals surface area contributed by atoms with Crippen molar-refractivity contribution in [2.24, 2.45) is 0 Å². The molecule has 1 nitrogen and oxygen atoms in total. The summed E-state index contributed by atoms with van der Waals surface area (Å²) in [6, 6.07) is 0. The smallest absolute Gasteiger partial charge is 0.0141 e. The van der Waals surface area contributed by atoms with Crippen LogP contribution in [0.3, 0.4) is 0 Å². The Morgan fingerprint density at radius 1 is 0.722 bits per heavy atom.